The van der Waals surface area contributed by atoms with Crippen molar-refractivity contribution < 1.29 is 14.0 Å². The molecule has 5 nitrogen and oxygen atoms in total. The second-order valence-electron chi connectivity index (χ2n) is 2.13. The Morgan fingerprint density at radius 3 is 2.45 bits per heavy atom. The van der Waals surface area contributed by atoms with Gasteiger partial charge in [-0.05, 0) is 6.42 Å². The van der Waals surface area contributed by atoms with Crippen molar-refractivity contribution in [1.82, 2.24) is 0 Å². The lowest BCUT2D eigenvalue weighted by Crippen LogP contribution is -2.32. The highest BCUT2D eigenvalue weighted by Gasteiger charge is 2.13. The molecule has 0 saturated carbocycles. The third-order valence-corrected chi connectivity index (χ3v) is 1.61. The lowest BCUT2D eigenvalue weighted by atomic mass is 10.2. The van der Waals surface area contributed by atoms with Crippen LogP contribution in [0.4, 0.5) is 0 Å². The number of primary amides is 1. The largest absolute Gasteiger partial charge is 0.528 e. The Hall–Kier alpha value is -0.883. The van der Waals surface area contributed by atoms with E-state index in [-0.39, 0.29) is 12.8 Å². The molecule has 0 aromatic carbocycles. The summed E-state index contributed by atoms with van der Waals surface area (Å²) < 4.78 is 4.47. The van der Waals surface area contributed by atoms with Gasteiger partial charge in [-0.15, -0.1) is 0 Å². The van der Waals surface area contributed by atoms with E-state index < -0.39 is 17.9 Å². The number of hydrogen-bond donors (Lipinski definition) is 2. The number of hydrogen-bond acceptors (Lipinski definition) is 4. The van der Waals surface area contributed by atoms with Gasteiger partial charge in [-0.25, -0.2) is 0 Å². The highest BCUT2D eigenvalue weighted by molar-refractivity contribution is 6.06. The number of nitrogens with two attached hydrogens (primary N) is 2. The van der Waals surface area contributed by atoms with Gasteiger partial charge < -0.3 is 15.9 Å². The maximum absolute atomic E-state index is 10.7. The average Bonchev–Trinajstić information content (AvgIpc) is 1.98. The Morgan fingerprint density at radius 1 is 1.55 bits per heavy atom. The first-order valence-electron chi connectivity index (χ1n) is 3.19. The van der Waals surface area contributed by atoms with E-state index in [1.807, 2.05) is 0 Å². The van der Waals surface area contributed by atoms with E-state index in [2.05, 4.69) is 4.43 Å². The zero-order valence-electron chi connectivity index (χ0n) is 6.37. The molecule has 0 spiro atoms. The summed E-state index contributed by atoms with van der Waals surface area (Å²) in [6, 6.07) is -0.708. The van der Waals surface area contributed by atoms with Crippen molar-refractivity contribution >= 4 is 22.4 Å². The molecule has 0 aliphatic rings. The molecule has 0 aliphatic carbocycles. The first-order valence-corrected chi connectivity index (χ1v) is 4.01. The molecule has 0 aromatic rings. The third kappa shape index (κ3) is 4.51. The van der Waals surface area contributed by atoms with Crippen molar-refractivity contribution in [3.05, 3.63) is 0 Å². The molecule has 4 N–H and O–H groups in total. The van der Waals surface area contributed by atoms with Gasteiger partial charge in [0.2, 0.25) is 16.4 Å². The number of amides is 1. The van der Waals surface area contributed by atoms with E-state index in [1.165, 1.54) is 0 Å². The average molecular weight is 176 g/mol. The van der Waals surface area contributed by atoms with Crippen molar-refractivity contribution in [3.63, 3.8) is 0 Å². The van der Waals surface area contributed by atoms with Crippen LogP contribution in [0.25, 0.3) is 0 Å². The van der Waals surface area contributed by atoms with Crippen molar-refractivity contribution in [1.29, 1.82) is 0 Å². The van der Waals surface area contributed by atoms with Crippen molar-refractivity contribution in [2.24, 2.45) is 11.5 Å². The lowest BCUT2D eigenvalue weighted by molar-refractivity contribution is -0.135. The number of rotatable bonds is 4. The zero-order valence-corrected chi connectivity index (χ0v) is 8.37. The first kappa shape index (κ1) is 10.1. The van der Waals surface area contributed by atoms with Crippen LogP contribution in [0.1, 0.15) is 12.8 Å². The summed E-state index contributed by atoms with van der Waals surface area (Å²) in [4.78, 5) is 20.9. The van der Waals surface area contributed by atoms with Crippen LogP contribution < -0.4 is 11.5 Å². The Labute approximate surface area is 67.6 Å². The van der Waals surface area contributed by atoms with Crippen molar-refractivity contribution in [2.45, 2.75) is 18.9 Å². The summed E-state index contributed by atoms with van der Waals surface area (Å²) in [5, 5.41) is 0. The predicted octanol–water partition coefficient (Wildman–Crippen LogP) is -2.60. The van der Waals surface area contributed by atoms with Crippen LogP contribution in [0, 0.1) is 0 Å². The summed E-state index contributed by atoms with van der Waals surface area (Å²) in [6.07, 6.45) is 0.383. The van der Waals surface area contributed by atoms with Crippen LogP contribution >= 0.6 is 0 Å². The Kier molecular flexibility index (Phi) is 4.47. The maximum atomic E-state index is 10.7. The van der Waals surface area contributed by atoms with Gasteiger partial charge in [0.15, 0.2) is 0 Å². The molecule has 11 heavy (non-hydrogen) atoms. The molecule has 6 heteroatoms. The van der Waals surface area contributed by atoms with Crippen LogP contribution in [0.3, 0.4) is 0 Å². The molecule has 0 radical (unpaired) electrons. The molecular formula is C5H12N2O3Si. The standard InChI is InChI=1S/C5H12N2O3Si/c6-3(5(9)10-11)1-2-4(7)8/h3H,1-2,6H2,11H3,(H2,7,8)/t3-/m0/s1. The van der Waals surface area contributed by atoms with Crippen molar-refractivity contribution in [3.8, 4) is 0 Å². The van der Waals surface area contributed by atoms with Gasteiger partial charge in [0, 0.05) is 6.42 Å². The quantitative estimate of drug-likeness (QED) is 0.459. The number of carbonyl (C=O) groups is 2. The lowest BCUT2D eigenvalue weighted by Gasteiger charge is -2.06. The SMILES string of the molecule is NC(=O)CC[C@H](N)C(=O)O[SiH3]. The van der Waals surface area contributed by atoms with Crippen molar-refractivity contribution in [2.75, 3.05) is 0 Å². The molecule has 0 fully saturated rings. The summed E-state index contributed by atoms with van der Waals surface area (Å²) in [5.41, 5.74) is 10.2. The third-order valence-electron chi connectivity index (χ3n) is 1.21. The molecule has 64 valence electrons. The fourth-order valence-electron chi connectivity index (χ4n) is 0.567. The monoisotopic (exact) mass is 176 g/mol. The number of carbonyl (C=O) groups excluding carboxylic acids is 2. The van der Waals surface area contributed by atoms with Gasteiger partial charge in [-0.3, -0.25) is 9.59 Å². The van der Waals surface area contributed by atoms with E-state index in [4.69, 9.17) is 11.5 Å². The Bertz CT molecular complexity index is 162. The van der Waals surface area contributed by atoms with Crippen LogP contribution in [0.15, 0.2) is 0 Å². The summed E-state index contributed by atoms with van der Waals surface area (Å²) in [6.45, 7) is 0. The van der Waals surface area contributed by atoms with Gasteiger partial charge >= 0.3 is 5.97 Å². The van der Waals surface area contributed by atoms with Crippen LogP contribution in [-0.2, 0) is 14.0 Å². The molecule has 1 atom stereocenters. The Balaban J connectivity index is 3.60. The second kappa shape index (κ2) is 4.86. The first-order chi connectivity index (χ1) is 5.07. The molecule has 1 amide bonds. The summed E-state index contributed by atoms with van der Waals surface area (Å²) in [5.74, 6) is -0.917. The predicted molar refractivity (Wildman–Crippen MR) is 42.4 cm³/mol. The molecule has 0 aromatic heterocycles. The normalized spacial score (nSPS) is 12.5. The highest BCUT2D eigenvalue weighted by Crippen LogP contribution is 1.94. The van der Waals surface area contributed by atoms with Gasteiger partial charge in [0.25, 0.3) is 0 Å². The minimum atomic E-state index is -0.708. The van der Waals surface area contributed by atoms with Crippen LogP contribution in [-0.4, -0.2) is 28.4 Å². The van der Waals surface area contributed by atoms with Crippen LogP contribution in [0.2, 0.25) is 0 Å². The van der Waals surface area contributed by atoms with Gasteiger partial charge in [-0.2, -0.15) is 0 Å². The zero-order chi connectivity index (χ0) is 8.85. The molecule has 0 aliphatic heterocycles. The van der Waals surface area contributed by atoms with E-state index in [9.17, 15) is 9.59 Å². The van der Waals surface area contributed by atoms with Gasteiger partial charge in [-0.1, -0.05) is 0 Å². The Morgan fingerprint density at radius 2 is 2.09 bits per heavy atom. The highest BCUT2D eigenvalue weighted by atomic mass is 28.2. The molecule has 0 heterocycles. The summed E-state index contributed by atoms with van der Waals surface area (Å²) >= 11 is 0. The van der Waals surface area contributed by atoms with Gasteiger partial charge in [0.05, 0.1) is 0 Å². The van der Waals surface area contributed by atoms with E-state index in [0.29, 0.717) is 10.5 Å². The molecule has 0 bridgehead atoms. The minimum absolute atomic E-state index is 0.123. The molecule has 0 rings (SSSR count). The second-order valence-corrected chi connectivity index (χ2v) is 2.54. The van der Waals surface area contributed by atoms with Crippen LogP contribution in [0.5, 0.6) is 0 Å². The maximum Gasteiger partial charge on any atom is 0.308 e. The van der Waals surface area contributed by atoms with Gasteiger partial charge in [0.1, 0.15) is 6.04 Å². The van der Waals surface area contributed by atoms with E-state index in [1.54, 1.807) is 0 Å². The fraction of sp³-hybridized carbons (Fsp3) is 0.600. The molecule has 0 unspecified atom stereocenters. The smallest absolute Gasteiger partial charge is 0.308 e. The molecular weight excluding hydrogens is 164 g/mol. The topological polar surface area (TPSA) is 95.4 Å². The van der Waals surface area contributed by atoms with E-state index in [0.717, 1.165) is 0 Å². The minimum Gasteiger partial charge on any atom is -0.528 e. The molecule has 0 saturated heterocycles. The fourth-order valence-corrected chi connectivity index (χ4v) is 0.870. The summed E-state index contributed by atoms with van der Waals surface area (Å²) in [7, 11) is 0.328. The van der Waals surface area contributed by atoms with E-state index >= 15 is 0 Å².